The SMILES string of the molecule is O=C(O)c1cnc2c(O)cccn12. The van der Waals surface area contributed by atoms with Crippen LogP contribution in [0.25, 0.3) is 5.65 Å². The van der Waals surface area contributed by atoms with Crippen molar-refractivity contribution < 1.29 is 15.0 Å². The van der Waals surface area contributed by atoms with Crippen molar-refractivity contribution in [3.05, 3.63) is 30.2 Å². The molecule has 0 bridgehead atoms. The molecule has 13 heavy (non-hydrogen) atoms. The second-order valence-electron chi connectivity index (χ2n) is 2.54. The van der Waals surface area contributed by atoms with E-state index >= 15 is 0 Å². The molecule has 2 N–H and O–H groups in total. The van der Waals surface area contributed by atoms with E-state index < -0.39 is 5.97 Å². The Kier molecular flexibility index (Phi) is 1.45. The predicted molar refractivity (Wildman–Crippen MR) is 43.8 cm³/mol. The molecular formula is C8H6N2O3. The van der Waals surface area contributed by atoms with E-state index in [0.717, 1.165) is 0 Å². The van der Waals surface area contributed by atoms with Crippen LogP contribution in [0.1, 0.15) is 10.5 Å². The smallest absolute Gasteiger partial charge is 0.354 e. The van der Waals surface area contributed by atoms with Gasteiger partial charge in [-0.1, -0.05) is 0 Å². The Hall–Kier alpha value is -2.04. The van der Waals surface area contributed by atoms with Crippen LogP contribution >= 0.6 is 0 Å². The number of carboxylic acids is 1. The highest BCUT2D eigenvalue weighted by Gasteiger charge is 2.11. The summed E-state index contributed by atoms with van der Waals surface area (Å²) in [6, 6.07) is 3.00. The largest absolute Gasteiger partial charge is 0.504 e. The normalized spacial score (nSPS) is 10.5. The molecule has 66 valence electrons. The summed E-state index contributed by atoms with van der Waals surface area (Å²) in [5, 5.41) is 18.0. The molecule has 5 heteroatoms. The molecule has 0 aliphatic carbocycles. The third-order valence-electron chi connectivity index (χ3n) is 1.73. The molecule has 0 aromatic carbocycles. The van der Waals surface area contributed by atoms with E-state index in [1.54, 1.807) is 6.07 Å². The Morgan fingerprint density at radius 3 is 3.00 bits per heavy atom. The highest BCUT2D eigenvalue weighted by Crippen LogP contribution is 2.17. The average Bonchev–Trinajstić information content (AvgIpc) is 2.48. The predicted octanol–water partition coefficient (Wildman–Crippen LogP) is 0.738. The molecule has 0 unspecified atom stereocenters. The minimum atomic E-state index is -1.07. The first-order valence-corrected chi connectivity index (χ1v) is 3.58. The first kappa shape index (κ1) is 7.60. The molecule has 0 aliphatic rings. The molecule has 0 spiro atoms. The summed E-state index contributed by atoms with van der Waals surface area (Å²) < 4.78 is 1.32. The molecule has 0 aliphatic heterocycles. The summed E-state index contributed by atoms with van der Waals surface area (Å²) in [4.78, 5) is 14.4. The van der Waals surface area contributed by atoms with Gasteiger partial charge in [-0.15, -0.1) is 0 Å². The number of hydrogen-bond acceptors (Lipinski definition) is 3. The number of carboxylic acid groups (broad SMARTS) is 1. The summed E-state index contributed by atoms with van der Waals surface area (Å²) in [7, 11) is 0. The zero-order chi connectivity index (χ0) is 9.42. The fourth-order valence-corrected chi connectivity index (χ4v) is 1.15. The standard InChI is InChI=1S/C8H6N2O3/c11-6-2-1-3-10-5(8(12)13)4-9-7(6)10/h1-4,11H,(H,12,13). The van der Waals surface area contributed by atoms with E-state index in [4.69, 9.17) is 5.11 Å². The van der Waals surface area contributed by atoms with E-state index in [1.165, 1.54) is 22.9 Å². The Bertz CT molecular complexity index is 475. The zero-order valence-electron chi connectivity index (χ0n) is 6.51. The Morgan fingerprint density at radius 2 is 2.31 bits per heavy atom. The third kappa shape index (κ3) is 1.01. The van der Waals surface area contributed by atoms with Crippen molar-refractivity contribution in [1.29, 1.82) is 0 Å². The maximum Gasteiger partial charge on any atom is 0.354 e. The van der Waals surface area contributed by atoms with Crippen LogP contribution in [-0.2, 0) is 0 Å². The van der Waals surface area contributed by atoms with Gasteiger partial charge in [-0.3, -0.25) is 4.40 Å². The second kappa shape index (κ2) is 2.48. The summed E-state index contributed by atoms with van der Waals surface area (Å²) in [6.07, 6.45) is 2.74. The Balaban J connectivity index is 2.83. The first-order valence-electron chi connectivity index (χ1n) is 3.58. The van der Waals surface area contributed by atoms with E-state index in [0.29, 0.717) is 0 Å². The van der Waals surface area contributed by atoms with Crippen molar-refractivity contribution in [2.75, 3.05) is 0 Å². The van der Waals surface area contributed by atoms with Crippen molar-refractivity contribution in [2.45, 2.75) is 0 Å². The molecule has 2 aromatic rings. The molecule has 0 radical (unpaired) electrons. The average molecular weight is 178 g/mol. The van der Waals surface area contributed by atoms with Crippen molar-refractivity contribution in [3.8, 4) is 5.75 Å². The topological polar surface area (TPSA) is 74.8 Å². The number of aromatic carboxylic acids is 1. The van der Waals surface area contributed by atoms with Crippen LogP contribution in [0.15, 0.2) is 24.5 Å². The van der Waals surface area contributed by atoms with Gasteiger partial charge < -0.3 is 10.2 Å². The molecule has 0 fully saturated rings. The lowest BCUT2D eigenvalue weighted by molar-refractivity contribution is 0.0689. The number of imidazole rings is 1. The number of fused-ring (bicyclic) bond motifs is 1. The van der Waals surface area contributed by atoms with Crippen LogP contribution in [-0.4, -0.2) is 25.6 Å². The molecule has 0 saturated carbocycles. The van der Waals surface area contributed by atoms with E-state index in [1.807, 2.05) is 0 Å². The number of rotatable bonds is 1. The van der Waals surface area contributed by atoms with Crippen LogP contribution in [0.5, 0.6) is 5.75 Å². The van der Waals surface area contributed by atoms with Crippen LogP contribution < -0.4 is 0 Å². The van der Waals surface area contributed by atoms with Crippen molar-refractivity contribution in [1.82, 2.24) is 9.38 Å². The molecule has 0 saturated heterocycles. The number of carbonyl (C=O) groups is 1. The molecule has 2 heterocycles. The summed E-state index contributed by atoms with van der Waals surface area (Å²) in [5.74, 6) is -1.10. The van der Waals surface area contributed by atoms with Gasteiger partial charge in [-0.25, -0.2) is 9.78 Å². The molecule has 0 atom stereocenters. The van der Waals surface area contributed by atoms with Crippen LogP contribution in [0.3, 0.4) is 0 Å². The first-order chi connectivity index (χ1) is 6.20. The lowest BCUT2D eigenvalue weighted by Gasteiger charge is -1.96. The van der Waals surface area contributed by atoms with Gasteiger partial charge in [0.05, 0.1) is 6.20 Å². The highest BCUT2D eigenvalue weighted by atomic mass is 16.4. The van der Waals surface area contributed by atoms with Crippen LogP contribution in [0, 0.1) is 0 Å². The van der Waals surface area contributed by atoms with Gasteiger partial charge in [0.2, 0.25) is 0 Å². The number of aromatic hydroxyl groups is 1. The van der Waals surface area contributed by atoms with Crippen molar-refractivity contribution in [2.24, 2.45) is 0 Å². The van der Waals surface area contributed by atoms with Gasteiger partial charge in [-0.05, 0) is 12.1 Å². The minimum absolute atomic E-state index is 0.0324. The van der Waals surface area contributed by atoms with Gasteiger partial charge in [0.25, 0.3) is 0 Å². The van der Waals surface area contributed by atoms with Crippen molar-refractivity contribution >= 4 is 11.6 Å². The number of hydrogen-bond donors (Lipinski definition) is 2. The molecule has 5 nitrogen and oxygen atoms in total. The Labute approximate surface area is 72.9 Å². The van der Waals surface area contributed by atoms with Gasteiger partial charge in [0.15, 0.2) is 17.1 Å². The van der Waals surface area contributed by atoms with Gasteiger partial charge >= 0.3 is 5.97 Å². The van der Waals surface area contributed by atoms with E-state index in [-0.39, 0.29) is 17.1 Å². The maximum absolute atomic E-state index is 10.6. The van der Waals surface area contributed by atoms with E-state index in [2.05, 4.69) is 4.98 Å². The maximum atomic E-state index is 10.6. The van der Waals surface area contributed by atoms with Gasteiger partial charge in [-0.2, -0.15) is 0 Å². The monoisotopic (exact) mass is 178 g/mol. The lowest BCUT2D eigenvalue weighted by Crippen LogP contribution is -2.00. The minimum Gasteiger partial charge on any atom is -0.504 e. The molecular weight excluding hydrogens is 172 g/mol. The fraction of sp³-hybridized carbons (Fsp3) is 0. The second-order valence-corrected chi connectivity index (χ2v) is 2.54. The van der Waals surface area contributed by atoms with Crippen LogP contribution in [0.4, 0.5) is 0 Å². The number of aromatic nitrogens is 2. The fourth-order valence-electron chi connectivity index (χ4n) is 1.15. The third-order valence-corrected chi connectivity index (χ3v) is 1.73. The lowest BCUT2D eigenvalue weighted by atomic mass is 10.4. The quantitative estimate of drug-likeness (QED) is 0.675. The van der Waals surface area contributed by atoms with E-state index in [9.17, 15) is 9.90 Å². The summed E-state index contributed by atoms with van der Waals surface area (Å²) in [5.41, 5.74) is 0.283. The Morgan fingerprint density at radius 1 is 1.54 bits per heavy atom. The number of pyridine rings is 1. The summed E-state index contributed by atoms with van der Waals surface area (Å²) >= 11 is 0. The zero-order valence-corrected chi connectivity index (χ0v) is 6.51. The number of nitrogens with zero attached hydrogens (tertiary/aromatic N) is 2. The van der Waals surface area contributed by atoms with Gasteiger partial charge in [0, 0.05) is 6.20 Å². The molecule has 0 amide bonds. The summed E-state index contributed by atoms with van der Waals surface area (Å²) in [6.45, 7) is 0. The molecule has 2 rings (SSSR count). The van der Waals surface area contributed by atoms with Crippen LogP contribution in [0.2, 0.25) is 0 Å². The highest BCUT2D eigenvalue weighted by molar-refractivity contribution is 5.86. The molecule has 2 aromatic heterocycles. The van der Waals surface area contributed by atoms with Gasteiger partial charge in [0.1, 0.15) is 0 Å². The van der Waals surface area contributed by atoms with Crippen molar-refractivity contribution in [3.63, 3.8) is 0 Å².